The molecule has 6 heteroatoms. The summed E-state index contributed by atoms with van der Waals surface area (Å²) < 4.78 is 18.2. The van der Waals surface area contributed by atoms with Gasteiger partial charge in [-0.05, 0) is 24.1 Å². The highest BCUT2D eigenvalue weighted by atomic mass is 19.1. The Kier molecular flexibility index (Phi) is 3.92. The van der Waals surface area contributed by atoms with Crippen molar-refractivity contribution >= 4 is 11.9 Å². The number of ether oxygens (including phenoxy) is 1. The molecule has 0 spiro atoms. The second-order valence-electron chi connectivity index (χ2n) is 4.98. The van der Waals surface area contributed by atoms with E-state index in [1.54, 1.807) is 6.92 Å². The number of aliphatic carboxylic acids is 1. The van der Waals surface area contributed by atoms with Gasteiger partial charge in [-0.15, -0.1) is 0 Å². The largest absolute Gasteiger partial charge is 0.494 e. The van der Waals surface area contributed by atoms with Crippen LogP contribution in [0.5, 0.6) is 5.75 Å². The van der Waals surface area contributed by atoms with Gasteiger partial charge in [0.1, 0.15) is 0 Å². The van der Waals surface area contributed by atoms with Crippen LogP contribution in [0.3, 0.4) is 0 Å². The summed E-state index contributed by atoms with van der Waals surface area (Å²) in [6.45, 7) is 2.36. The molecule has 108 valence electrons. The molecule has 1 fully saturated rings. The van der Waals surface area contributed by atoms with E-state index < -0.39 is 17.7 Å². The molecule has 1 heterocycles. The summed E-state index contributed by atoms with van der Waals surface area (Å²) in [5.41, 5.74) is 0.293. The molecular weight excluding hydrogens is 265 g/mol. The van der Waals surface area contributed by atoms with E-state index in [0.717, 1.165) is 0 Å². The number of rotatable bonds is 3. The number of methoxy groups -OCH3 is 1. The molecule has 1 aromatic rings. The first-order chi connectivity index (χ1) is 9.43. The van der Waals surface area contributed by atoms with E-state index >= 15 is 0 Å². The summed E-state index contributed by atoms with van der Waals surface area (Å²) in [7, 11) is 1.32. The lowest BCUT2D eigenvalue weighted by atomic mass is 9.99. The van der Waals surface area contributed by atoms with E-state index in [-0.39, 0.29) is 24.1 Å². The molecule has 0 aromatic heterocycles. The number of hydrogen-bond donors (Lipinski definition) is 1. The number of carboxylic acid groups (broad SMARTS) is 1. The van der Waals surface area contributed by atoms with Crippen LogP contribution in [0.1, 0.15) is 17.3 Å². The van der Waals surface area contributed by atoms with E-state index in [9.17, 15) is 14.0 Å². The van der Waals surface area contributed by atoms with Gasteiger partial charge >= 0.3 is 5.97 Å². The second kappa shape index (κ2) is 5.48. The maximum absolute atomic E-state index is 13.3. The van der Waals surface area contributed by atoms with Gasteiger partial charge in [0, 0.05) is 18.7 Å². The number of nitrogens with zero attached hydrogens (tertiary/aromatic N) is 1. The van der Waals surface area contributed by atoms with Crippen LogP contribution in [-0.4, -0.2) is 42.1 Å². The normalized spacial score (nSPS) is 21.9. The zero-order valence-electron chi connectivity index (χ0n) is 11.3. The Balaban J connectivity index is 2.18. The molecule has 0 radical (unpaired) electrons. The van der Waals surface area contributed by atoms with Gasteiger partial charge in [-0.2, -0.15) is 0 Å². The zero-order valence-corrected chi connectivity index (χ0v) is 11.3. The van der Waals surface area contributed by atoms with E-state index in [2.05, 4.69) is 0 Å². The number of benzene rings is 1. The van der Waals surface area contributed by atoms with E-state index in [4.69, 9.17) is 9.84 Å². The molecule has 2 unspecified atom stereocenters. The second-order valence-corrected chi connectivity index (χ2v) is 4.98. The Labute approximate surface area is 116 Å². The standard InChI is InChI=1S/C14H16FNO4/c1-8-6-16(7-10(8)14(18)19)13(17)9-3-4-11(15)12(5-9)20-2/h3-5,8,10H,6-7H2,1-2H3,(H,18,19). The number of carboxylic acids is 1. The number of carbonyl (C=O) groups is 2. The van der Waals surface area contributed by atoms with Crippen molar-refractivity contribution in [3.8, 4) is 5.75 Å². The molecule has 1 saturated heterocycles. The SMILES string of the molecule is COc1cc(C(=O)N2CC(C)C(C(=O)O)C2)ccc1F. The molecule has 2 atom stereocenters. The van der Waals surface area contributed by atoms with Gasteiger partial charge in [-0.1, -0.05) is 6.92 Å². The molecule has 1 aromatic carbocycles. The van der Waals surface area contributed by atoms with Crippen LogP contribution in [0.4, 0.5) is 4.39 Å². The number of amides is 1. The van der Waals surface area contributed by atoms with Crippen molar-refractivity contribution in [2.24, 2.45) is 11.8 Å². The minimum atomic E-state index is -0.899. The van der Waals surface area contributed by atoms with Crippen LogP contribution >= 0.6 is 0 Å². The van der Waals surface area contributed by atoms with Crippen LogP contribution in [0, 0.1) is 17.7 Å². The van der Waals surface area contributed by atoms with Gasteiger partial charge in [-0.25, -0.2) is 4.39 Å². The first kappa shape index (κ1) is 14.3. The van der Waals surface area contributed by atoms with Crippen LogP contribution in [0.2, 0.25) is 0 Å². The zero-order chi connectivity index (χ0) is 14.9. The maximum atomic E-state index is 13.3. The van der Waals surface area contributed by atoms with Crippen molar-refractivity contribution in [3.05, 3.63) is 29.6 Å². The fraction of sp³-hybridized carbons (Fsp3) is 0.429. The Hall–Kier alpha value is -2.11. The maximum Gasteiger partial charge on any atom is 0.308 e. The minimum Gasteiger partial charge on any atom is -0.494 e. The number of carbonyl (C=O) groups excluding carboxylic acids is 1. The molecule has 5 nitrogen and oxygen atoms in total. The lowest BCUT2D eigenvalue weighted by Gasteiger charge is -2.16. The number of halogens is 1. The fourth-order valence-electron chi connectivity index (χ4n) is 2.43. The molecule has 1 aliphatic heterocycles. The topological polar surface area (TPSA) is 66.8 Å². The molecule has 1 aliphatic rings. The third-order valence-corrected chi connectivity index (χ3v) is 3.61. The Morgan fingerprint density at radius 1 is 1.40 bits per heavy atom. The lowest BCUT2D eigenvalue weighted by Crippen LogP contribution is -2.30. The molecule has 1 N–H and O–H groups in total. The number of likely N-dealkylation sites (tertiary alicyclic amines) is 1. The van der Waals surface area contributed by atoms with Crippen LogP contribution in [-0.2, 0) is 4.79 Å². The summed E-state index contributed by atoms with van der Waals surface area (Å²) >= 11 is 0. The third kappa shape index (κ3) is 2.59. The summed E-state index contributed by atoms with van der Waals surface area (Å²) in [6, 6.07) is 3.87. The van der Waals surface area contributed by atoms with Crippen molar-refractivity contribution < 1.29 is 23.8 Å². The van der Waals surface area contributed by atoms with E-state index in [1.165, 1.54) is 30.2 Å². The summed E-state index contributed by atoms with van der Waals surface area (Å²) in [4.78, 5) is 24.8. The average Bonchev–Trinajstić information content (AvgIpc) is 2.80. The van der Waals surface area contributed by atoms with Gasteiger partial charge < -0.3 is 14.7 Å². The molecule has 20 heavy (non-hydrogen) atoms. The summed E-state index contributed by atoms with van der Waals surface area (Å²) in [5, 5.41) is 9.06. The fourth-order valence-corrected chi connectivity index (χ4v) is 2.43. The predicted molar refractivity (Wildman–Crippen MR) is 69.1 cm³/mol. The average molecular weight is 281 g/mol. The summed E-state index contributed by atoms with van der Waals surface area (Å²) in [6.07, 6.45) is 0. The Bertz CT molecular complexity index is 546. The molecular formula is C14H16FNO4. The van der Waals surface area contributed by atoms with Crippen molar-refractivity contribution in [1.29, 1.82) is 0 Å². The molecule has 0 bridgehead atoms. The monoisotopic (exact) mass is 281 g/mol. The van der Waals surface area contributed by atoms with Gasteiger partial charge in [0.2, 0.25) is 0 Å². The van der Waals surface area contributed by atoms with Gasteiger partial charge in [0.25, 0.3) is 5.91 Å². The first-order valence-electron chi connectivity index (χ1n) is 6.29. The van der Waals surface area contributed by atoms with Crippen molar-refractivity contribution in [1.82, 2.24) is 4.90 Å². The Morgan fingerprint density at radius 2 is 2.10 bits per heavy atom. The van der Waals surface area contributed by atoms with Gasteiger partial charge in [0.15, 0.2) is 11.6 Å². The highest BCUT2D eigenvalue weighted by molar-refractivity contribution is 5.95. The molecule has 2 rings (SSSR count). The van der Waals surface area contributed by atoms with E-state index in [1.807, 2.05) is 0 Å². The molecule has 0 saturated carbocycles. The number of hydrogen-bond acceptors (Lipinski definition) is 3. The third-order valence-electron chi connectivity index (χ3n) is 3.61. The van der Waals surface area contributed by atoms with Gasteiger partial charge in [0.05, 0.1) is 13.0 Å². The quantitative estimate of drug-likeness (QED) is 0.914. The van der Waals surface area contributed by atoms with Crippen LogP contribution < -0.4 is 4.74 Å². The smallest absolute Gasteiger partial charge is 0.308 e. The summed E-state index contributed by atoms with van der Waals surface area (Å²) in [5.74, 6) is -2.40. The highest BCUT2D eigenvalue weighted by Gasteiger charge is 2.37. The highest BCUT2D eigenvalue weighted by Crippen LogP contribution is 2.26. The van der Waals surface area contributed by atoms with Crippen molar-refractivity contribution in [2.45, 2.75) is 6.92 Å². The minimum absolute atomic E-state index is 0.00196. The predicted octanol–water partition coefficient (Wildman–Crippen LogP) is 1.63. The Morgan fingerprint density at radius 3 is 2.65 bits per heavy atom. The van der Waals surface area contributed by atoms with Gasteiger partial charge in [-0.3, -0.25) is 9.59 Å². The van der Waals surface area contributed by atoms with E-state index in [0.29, 0.717) is 12.1 Å². The van der Waals surface area contributed by atoms with Crippen molar-refractivity contribution in [3.63, 3.8) is 0 Å². The van der Waals surface area contributed by atoms with Crippen LogP contribution in [0.25, 0.3) is 0 Å². The lowest BCUT2D eigenvalue weighted by molar-refractivity contribution is -0.142. The first-order valence-corrected chi connectivity index (χ1v) is 6.29. The van der Waals surface area contributed by atoms with Crippen molar-refractivity contribution in [2.75, 3.05) is 20.2 Å². The van der Waals surface area contributed by atoms with Crippen LogP contribution in [0.15, 0.2) is 18.2 Å². The molecule has 1 amide bonds. The molecule has 0 aliphatic carbocycles.